The Morgan fingerprint density at radius 2 is 1.79 bits per heavy atom. The molecule has 0 aromatic heterocycles. The van der Waals surface area contributed by atoms with Crippen LogP contribution in [0.3, 0.4) is 0 Å². The molecule has 1 fully saturated rings. The van der Waals surface area contributed by atoms with Crippen LogP contribution in [0.25, 0.3) is 10.8 Å². The van der Waals surface area contributed by atoms with Gasteiger partial charge < -0.3 is 0 Å². The van der Waals surface area contributed by atoms with Crippen LogP contribution < -0.4 is 4.72 Å². The summed E-state index contributed by atoms with van der Waals surface area (Å²) in [5, 5.41) is 2.53. The molecule has 2 heterocycles. The van der Waals surface area contributed by atoms with Crippen LogP contribution in [0.2, 0.25) is 0 Å². The Morgan fingerprint density at radius 3 is 2.50 bits per heavy atom. The zero-order valence-electron chi connectivity index (χ0n) is 13.4. The normalized spacial score (nSPS) is 21.2. The van der Waals surface area contributed by atoms with Crippen molar-refractivity contribution in [3.05, 3.63) is 60.4 Å². The zero-order chi connectivity index (χ0) is 16.6. The molecule has 126 valence electrons. The summed E-state index contributed by atoms with van der Waals surface area (Å²) in [5.41, 5.74) is 1.31. The number of benzene rings is 2. The highest BCUT2D eigenvalue weighted by Crippen LogP contribution is 2.23. The Bertz CT molecular complexity index is 871. The van der Waals surface area contributed by atoms with Gasteiger partial charge in [-0.1, -0.05) is 36.4 Å². The van der Waals surface area contributed by atoms with Crippen LogP contribution in [0.1, 0.15) is 18.4 Å². The zero-order valence-corrected chi connectivity index (χ0v) is 14.2. The summed E-state index contributed by atoms with van der Waals surface area (Å²) in [4.78, 5) is 2.40. The molecule has 5 nitrogen and oxygen atoms in total. The molecule has 0 aliphatic carbocycles. The average molecular weight is 343 g/mol. The van der Waals surface area contributed by atoms with Crippen LogP contribution in [0, 0.1) is 0 Å². The van der Waals surface area contributed by atoms with Crippen molar-refractivity contribution in [3.63, 3.8) is 0 Å². The van der Waals surface area contributed by atoms with Crippen molar-refractivity contribution in [1.29, 1.82) is 0 Å². The first kappa shape index (κ1) is 15.5. The highest BCUT2D eigenvalue weighted by Gasteiger charge is 2.32. The van der Waals surface area contributed by atoms with Crippen molar-refractivity contribution < 1.29 is 8.42 Å². The molecule has 2 aliphatic rings. The lowest BCUT2D eigenvalue weighted by Gasteiger charge is -2.35. The van der Waals surface area contributed by atoms with Crippen molar-refractivity contribution in [2.24, 2.45) is 0 Å². The fourth-order valence-corrected chi connectivity index (χ4v) is 4.76. The van der Waals surface area contributed by atoms with Crippen LogP contribution in [-0.2, 0) is 16.8 Å². The van der Waals surface area contributed by atoms with Gasteiger partial charge in [0.25, 0.3) is 0 Å². The third-order valence-corrected chi connectivity index (χ3v) is 6.26. The van der Waals surface area contributed by atoms with Crippen LogP contribution in [0.5, 0.6) is 0 Å². The molecular formula is C18H21N3O2S. The number of piperidine rings is 1. The van der Waals surface area contributed by atoms with Crippen LogP contribution in [-0.4, -0.2) is 36.8 Å². The maximum absolute atomic E-state index is 11.9. The topological polar surface area (TPSA) is 52.7 Å². The molecule has 24 heavy (non-hydrogen) atoms. The number of hydrogen-bond acceptors (Lipinski definition) is 3. The molecule has 6 heteroatoms. The number of fused-ring (bicyclic) bond motifs is 1. The predicted octanol–water partition coefficient (Wildman–Crippen LogP) is 2.43. The number of nitrogens with zero attached hydrogens (tertiary/aromatic N) is 2. The van der Waals surface area contributed by atoms with Gasteiger partial charge in [-0.2, -0.15) is 8.42 Å². The van der Waals surface area contributed by atoms with Gasteiger partial charge in [-0.25, -0.2) is 0 Å². The number of rotatable bonds is 3. The van der Waals surface area contributed by atoms with Gasteiger partial charge in [-0.15, -0.1) is 0 Å². The molecule has 2 aromatic rings. The van der Waals surface area contributed by atoms with Crippen molar-refractivity contribution in [3.8, 4) is 0 Å². The minimum Gasteiger partial charge on any atom is -0.299 e. The summed E-state index contributed by atoms with van der Waals surface area (Å²) >= 11 is 0. The fraction of sp³-hybridized carbons (Fsp3) is 0.333. The van der Waals surface area contributed by atoms with Gasteiger partial charge in [0.2, 0.25) is 0 Å². The SMILES string of the molecule is O=S1(=O)NC=CN1C1CCN(Cc2ccc3ccccc3c2)CC1. The molecule has 0 amide bonds. The molecule has 0 atom stereocenters. The monoisotopic (exact) mass is 343 g/mol. The minimum absolute atomic E-state index is 0.0640. The molecule has 0 unspecified atom stereocenters. The first-order valence-electron chi connectivity index (χ1n) is 8.29. The van der Waals surface area contributed by atoms with Gasteiger partial charge in [0.05, 0.1) is 0 Å². The molecular weight excluding hydrogens is 322 g/mol. The second-order valence-electron chi connectivity index (χ2n) is 6.46. The number of nitrogens with one attached hydrogen (secondary N) is 1. The summed E-state index contributed by atoms with van der Waals surface area (Å²) in [6.45, 7) is 2.74. The maximum Gasteiger partial charge on any atom is 0.323 e. The van der Waals surface area contributed by atoms with Crippen LogP contribution in [0.4, 0.5) is 0 Å². The van der Waals surface area contributed by atoms with Crippen molar-refractivity contribution in [2.75, 3.05) is 13.1 Å². The second-order valence-corrected chi connectivity index (χ2v) is 8.06. The van der Waals surface area contributed by atoms with E-state index in [4.69, 9.17) is 0 Å². The molecule has 0 saturated carbocycles. The molecule has 0 radical (unpaired) electrons. The van der Waals surface area contributed by atoms with Crippen LogP contribution in [0.15, 0.2) is 54.9 Å². The first-order chi connectivity index (χ1) is 11.6. The molecule has 1 N–H and O–H groups in total. The second kappa shape index (κ2) is 6.11. The van der Waals surface area contributed by atoms with E-state index >= 15 is 0 Å². The molecule has 2 aromatic carbocycles. The Balaban J connectivity index is 1.40. The molecule has 1 saturated heterocycles. The smallest absolute Gasteiger partial charge is 0.299 e. The summed E-state index contributed by atoms with van der Waals surface area (Å²) in [6, 6.07) is 15.1. The van der Waals surface area contributed by atoms with Gasteiger partial charge >= 0.3 is 10.2 Å². The minimum atomic E-state index is -3.33. The standard InChI is InChI=1S/C18H21N3O2S/c22-24(23)19-9-12-21(24)18-7-10-20(11-8-18)14-15-5-6-16-3-1-2-4-17(16)13-15/h1-6,9,12-13,18-19H,7-8,10-11,14H2. The van der Waals surface area contributed by atoms with Gasteiger partial charge in [-0.3, -0.25) is 13.9 Å². The fourth-order valence-electron chi connectivity index (χ4n) is 3.58. The van der Waals surface area contributed by atoms with E-state index in [1.54, 1.807) is 6.20 Å². The summed E-state index contributed by atoms with van der Waals surface area (Å²) in [6.07, 6.45) is 4.85. The van der Waals surface area contributed by atoms with Gasteiger partial charge in [0.1, 0.15) is 0 Å². The summed E-state index contributed by atoms with van der Waals surface area (Å²) in [5.74, 6) is 0. The Kier molecular flexibility index (Phi) is 3.94. The van der Waals surface area contributed by atoms with E-state index in [0.29, 0.717) is 0 Å². The molecule has 4 rings (SSSR count). The van der Waals surface area contributed by atoms with Gasteiger partial charge in [0.15, 0.2) is 0 Å². The van der Waals surface area contributed by atoms with E-state index in [1.807, 2.05) is 0 Å². The van der Waals surface area contributed by atoms with Crippen molar-refractivity contribution >= 4 is 21.0 Å². The Labute approximate surface area is 142 Å². The maximum atomic E-state index is 11.9. The summed E-state index contributed by atoms with van der Waals surface area (Å²) in [7, 11) is -3.33. The lowest BCUT2D eigenvalue weighted by molar-refractivity contribution is 0.171. The van der Waals surface area contributed by atoms with Crippen molar-refractivity contribution in [1.82, 2.24) is 13.9 Å². The van der Waals surface area contributed by atoms with E-state index in [0.717, 1.165) is 32.5 Å². The lowest BCUT2D eigenvalue weighted by atomic mass is 10.0. The predicted molar refractivity (Wildman–Crippen MR) is 95.3 cm³/mol. The molecule has 0 spiro atoms. The highest BCUT2D eigenvalue weighted by atomic mass is 32.2. The third kappa shape index (κ3) is 2.99. The van der Waals surface area contributed by atoms with Gasteiger partial charge in [-0.05, 0) is 35.2 Å². The van der Waals surface area contributed by atoms with Crippen molar-refractivity contribution in [2.45, 2.75) is 25.4 Å². The summed E-state index contributed by atoms with van der Waals surface area (Å²) < 4.78 is 27.7. The lowest BCUT2D eigenvalue weighted by Crippen LogP contribution is -2.45. The van der Waals surface area contributed by atoms with E-state index in [-0.39, 0.29) is 6.04 Å². The van der Waals surface area contributed by atoms with E-state index in [2.05, 4.69) is 52.1 Å². The largest absolute Gasteiger partial charge is 0.323 e. The van der Waals surface area contributed by atoms with Crippen LogP contribution >= 0.6 is 0 Å². The van der Waals surface area contributed by atoms with E-state index in [9.17, 15) is 8.42 Å². The quantitative estimate of drug-likeness (QED) is 0.931. The Hall–Kier alpha value is -2.05. The molecule has 2 aliphatic heterocycles. The molecule has 0 bridgehead atoms. The van der Waals surface area contributed by atoms with E-state index in [1.165, 1.54) is 26.8 Å². The van der Waals surface area contributed by atoms with Gasteiger partial charge in [0, 0.05) is 38.1 Å². The number of likely N-dealkylation sites (tertiary alicyclic amines) is 1. The number of hydrogen-bond donors (Lipinski definition) is 1. The Morgan fingerprint density at radius 1 is 1.04 bits per heavy atom. The first-order valence-corrected chi connectivity index (χ1v) is 9.73. The third-order valence-electron chi connectivity index (χ3n) is 4.85. The highest BCUT2D eigenvalue weighted by molar-refractivity contribution is 7.87. The van der Waals surface area contributed by atoms with E-state index < -0.39 is 10.2 Å². The average Bonchev–Trinajstić information content (AvgIpc) is 2.95.